The van der Waals surface area contributed by atoms with E-state index < -0.39 is 0 Å². The Labute approximate surface area is 88.1 Å². The van der Waals surface area contributed by atoms with Crippen molar-refractivity contribution >= 4 is 48.7 Å². The molecule has 3 unspecified atom stereocenters. The van der Waals surface area contributed by atoms with Gasteiger partial charge in [0, 0.05) is 15.6 Å². The molecule has 1 aliphatic carbocycles. The van der Waals surface area contributed by atoms with Gasteiger partial charge in [0.25, 0.3) is 0 Å². The molecule has 0 bridgehead atoms. The van der Waals surface area contributed by atoms with E-state index in [0.29, 0.717) is 9.65 Å². The van der Waals surface area contributed by atoms with Crippen LogP contribution in [0.15, 0.2) is 0 Å². The highest BCUT2D eigenvalue weighted by Gasteiger charge is 2.29. The molecule has 0 aromatic heterocycles. The van der Waals surface area contributed by atoms with Crippen LogP contribution in [0.3, 0.4) is 0 Å². The largest absolute Gasteiger partial charge is 0.281 e. The van der Waals surface area contributed by atoms with Crippen LogP contribution in [0.25, 0.3) is 0 Å². The summed E-state index contributed by atoms with van der Waals surface area (Å²) in [5, 5.41) is -0.186. The van der Waals surface area contributed by atoms with Crippen molar-refractivity contribution in [2.24, 2.45) is 5.92 Å². The Balaban J connectivity index is 2.46. The molecule has 0 saturated heterocycles. The van der Waals surface area contributed by atoms with Crippen molar-refractivity contribution in [3.63, 3.8) is 0 Å². The zero-order chi connectivity index (χ0) is 8.43. The second-order valence-corrected chi connectivity index (χ2v) is 5.57. The van der Waals surface area contributed by atoms with E-state index in [9.17, 15) is 4.79 Å². The summed E-state index contributed by atoms with van der Waals surface area (Å²) in [6.07, 6.45) is 2.80. The minimum absolute atomic E-state index is 0.0647. The van der Waals surface area contributed by atoms with Crippen LogP contribution in [0.2, 0.25) is 0 Å². The molecule has 3 atom stereocenters. The van der Waals surface area contributed by atoms with E-state index in [1.54, 1.807) is 0 Å². The molecule has 1 rings (SSSR count). The molecule has 11 heavy (non-hydrogen) atoms. The van der Waals surface area contributed by atoms with Crippen molar-refractivity contribution in [1.29, 1.82) is 0 Å². The van der Waals surface area contributed by atoms with Gasteiger partial charge in [-0.25, -0.2) is 0 Å². The fraction of sp³-hybridized carbons (Fsp3) is 0.857. The quantitative estimate of drug-likeness (QED) is 0.537. The van der Waals surface area contributed by atoms with Crippen molar-refractivity contribution in [3.8, 4) is 0 Å². The average molecular weight is 304 g/mol. The molecular weight excluding hydrogens is 295 g/mol. The van der Waals surface area contributed by atoms with Crippen LogP contribution in [0.4, 0.5) is 0 Å². The lowest BCUT2D eigenvalue weighted by Gasteiger charge is -2.27. The maximum Gasteiger partial charge on any atom is 0.224 e. The maximum absolute atomic E-state index is 10.8. The third-order valence-corrected chi connectivity index (χ3v) is 5.14. The van der Waals surface area contributed by atoms with E-state index in [2.05, 4.69) is 31.9 Å². The summed E-state index contributed by atoms with van der Waals surface area (Å²) in [5.41, 5.74) is 0. The standard InChI is InChI=1S/C7H9Br2ClO/c8-5-2-1-4(7(10)11)3-6(5)9/h4-6H,1-3H2. The lowest BCUT2D eigenvalue weighted by molar-refractivity contribution is -0.115. The molecule has 0 amide bonds. The Kier molecular flexibility index (Phi) is 3.86. The van der Waals surface area contributed by atoms with Gasteiger partial charge >= 0.3 is 0 Å². The van der Waals surface area contributed by atoms with Gasteiger partial charge in [-0.3, -0.25) is 4.79 Å². The molecule has 0 spiro atoms. The lowest BCUT2D eigenvalue weighted by atomic mass is 9.90. The zero-order valence-corrected chi connectivity index (χ0v) is 9.82. The van der Waals surface area contributed by atoms with Crippen LogP contribution in [0.5, 0.6) is 0 Å². The molecule has 4 heteroatoms. The fourth-order valence-corrected chi connectivity index (χ4v) is 2.68. The van der Waals surface area contributed by atoms with Gasteiger partial charge in [-0.1, -0.05) is 31.9 Å². The average Bonchev–Trinajstić information content (AvgIpc) is 1.94. The number of carbonyl (C=O) groups excluding carboxylic acids is 1. The van der Waals surface area contributed by atoms with Crippen LogP contribution in [0, 0.1) is 5.92 Å². The Bertz CT molecular complexity index is 163. The van der Waals surface area contributed by atoms with E-state index in [0.717, 1.165) is 19.3 Å². The SMILES string of the molecule is O=C(Cl)C1CCC(Br)C(Br)C1. The molecule has 1 fully saturated rings. The second kappa shape index (κ2) is 4.24. The highest BCUT2D eigenvalue weighted by molar-refractivity contribution is 9.12. The van der Waals surface area contributed by atoms with Crippen molar-refractivity contribution < 1.29 is 4.79 Å². The molecule has 0 heterocycles. The maximum atomic E-state index is 10.8. The normalized spacial score (nSPS) is 38.6. The van der Waals surface area contributed by atoms with E-state index in [4.69, 9.17) is 11.6 Å². The van der Waals surface area contributed by atoms with E-state index in [1.807, 2.05) is 0 Å². The number of hydrogen-bond donors (Lipinski definition) is 0. The summed E-state index contributed by atoms with van der Waals surface area (Å²) in [6, 6.07) is 0. The number of halogens is 3. The first kappa shape index (κ1) is 10.0. The lowest BCUT2D eigenvalue weighted by Crippen LogP contribution is -2.27. The Morgan fingerprint density at radius 1 is 1.27 bits per heavy atom. The van der Waals surface area contributed by atoms with E-state index in [-0.39, 0.29) is 11.2 Å². The number of carbonyl (C=O) groups is 1. The van der Waals surface area contributed by atoms with Gasteiger partial charge in [0.05, 0.1) is 0 Å². The van der Waals surface area contributed by atoms with Crippen LogP contribution in [-0.4, -0.2) is 14.9 Å². The summed E-state index contributed by atoms with van der Waals surface area (Å²) in [7, 11) is 0. The first-order chi connectivity index (χ1) is 5.11. The summed E-state index contributed by atoms with van der Waals surface area (Å²) in [6.45, 7) is 0. The van der Waals surface area contributed by atoms with Gasteiger partial charge < -0.3 is 0 Å². The highest BCUT2D eigenvalue weighted by Crippen LogP contribution is 2.34. The summed E-state index contributed by atoms with van der Waals surface area (Å²) in [4.78, 5) is 11.7. The van der Waals surface area contributed by atoms with Crippen LogP contribution in [0.1, 0.15) is 19.3 Å². The van der Waals surface area contributed by atoms with Gasteiger partial charge in [-0.05, 0) is 30.9 Å². The molecule has 0 aromatic rings. The van der Waals surface area contributed by atoms with Crippen molar-refractivity contribution in [2.75, 3.05) is 0 Å². The van der Waals surface area contributed by atoms with Gasteiger partial charge in [-0.15, -0.1) is 0 Å². The molecule has 0 aliphatic heterocycles. The minimum Gasteiger partial charge on any atom is -0.281 e. The van der Waals surface area contributed by atoms with Crippen molar-refractivity contribution in [2.45, 2.75) is 28.9 Å². The van der Waals surface area contributed by atoms with E-state index in [1.165, 1.54) is 0 Å². The highest BCUT2D eigenvalue weighted by atomic mass is 79.9. The van der Waals surface area contributed by atoms with Gasteiger partial charge in [0.1, 0.15) is 0 Å². The molecular formula is C7H9Br2ClO. The molecule has 64 valence electrons. The molecule has 0 N–H and O–H groups in total. The fourth-order valence-electron chi connectivity index (χ4n) is 1.28. The number of hydrogen-bond acceptors (Lipinski definition) is 1. The summed E-state index contributed by atoms with van der Waals surface area (Å²) >= 11 is 12.4. The third-order valence-electron chi connectivity index (χ3n) is 2.01. The van der Waals surface area contributed by atoms with Crippen LogP contribution in [-0.2, 0) is 4.79 Å². The third kappa shape index (κ3) is 2.71. The Morgan fingerprint density at radius 2 is 1.91 bits per heavy atom. The molecule has 1 nitrogen and oxygen atoms in total. The van der Waals surface area contributed by atoms with Crippen molar-refractivity contribution in [1.82, 2.24) is 0 Å². The predicted molar refractivity (Wildman–Crippen MR) is 53.6 cm³/mol. The van der Waals surface area contributed by atoms with Gasteiger partial charge in [0.15, 0.2) is 0 Å². The Hall–Kier alpha value is 0.920. The van der Waals surface area contributed by atoms with Gasteiger partial charge in [-0.2, -0.15) is 0 Å². The van der Waals surface area contributed by atoms with E-state index >= 15 is 0 Å². The molecule has 0 aromatic carbocycles. The Morgan fingerprint density at radius 3 is 2.36 bits per heavy atom. The second-order valence-electron chi connectivity index (χ2n) is 2.85. The van der Waals surface area contributed by atoms with Crippen LogP contribution < -0.4 is 0 Å². The van der Waals surface area contributed by atoms with Crippen LogP contribution >= 0.6 is 43.5 Å². The first-order valence-corrected chi connectivity index (χ1v) is 5.79. The summed E-state index contributed by atoms with van der Waals surface area (Å²) < 4.78 is 0. The van der Waals surface area contributed by atoms with Gasteiger partial charge in [0.2, 0.25) is 5.24 Å². The predicted octanol–water partition coefficient (Wildman–Crippen LogP) is 3.08. The first-order valence-electron chi connectivity index (χ1n) is 3.58. The minimum atomic E-state index is -0.186. The van der Waals surface area contributed by atoms with Crippen molar-refractivity contribution in [3.05, 3.63) is 0 Å². The zero-order valence-electron chi connectivity index (χ0n) is 5.90. The molecule has 1 saturated carbocycles. The topological polar surface area (TPSA) is 17.1 Å². The number of rotatable bonds is 1. The smallest absolute Gasteiger partial charge is 0.224 e. The monoisotopic (exact) mass is 302 g/mol. The molecule has 1 aliphatic rings. The number of alkyl halides is 2. The molecule has 0 radical (unpaired) electrons. The summed E-state index contributed by atoms with van der Waals surface area (Å²) in [5.74, 6) is 0.0647.